The van der Waals surface area contributed by atoms with Crippen LogP contribution in [0.15, 0.2) is 58.8 Å². The molecule has 0 heterocycles. The van der Waals surface area contributed by atoms with Gasteiger partial charge in [0.15, 0.2) is 0 Å². The Morgan fingerprint density at radius 1 is 1.38 bits per heavy atom. The molecule has 26 heavy (non-hydrogen) atoms. The Balaban J connectivity index is 2.66. The third-order valence-corrected chi connectivity index (χ3v) is 3.56. The highest BCUT2D eigenvalue weighted by molar-refractivity contribution is 5.70. The van der Waals surface area contributed by atoms with Crippen molar-refractivity contribution in [2.75, 3.05) is 17.2 Å². The minimum atomic E-state index is 0.138. The van der Waals surface area contributed by atoms with Crippen molar-refractivity contribution in [2.24, 2.45) is 15.7 Å². The Morgan fingerprint density at radius 3 is 2.88 bits per heavy atom. The summed E-state index contributed by atoms with van der Waals surface area (Å²) in [4.78, 5) is 8.27. The lowest BCUT2D eigenvalue weighted by Gasteiger charge is -2.15. The first-order valence-electron chi connectivity index (χ1n) is 8.97. The number of anilines is 2. The molecule has 5 heteroatoms. The number of unbranched alkanes of at least 4 members (excludes halogenated alkanes) is 1. The number of benzene rings is 1. The molecular formula is C21H31N5. The van der Waals surface area contributed by atoms with Crippen molar-refractivity contribution in [3.8, 4) is 0 Å². The van der Waals surface area contributed by atoms with E-state index in [1.165, 1.54) is 6.34 Å². The molecule has 0 aliphatic rings. The number of aliphatic imine (C=N–C) groups is 2. The van der Waals surface area contributed by atoms with Gasteiger partial charge in [0.05, 0.1) is 6.34 Å². The molecule has 1 aromatic rings. The fraction of sp³-hybridized carbons (Fsp3) is 0.333. The van der Waals surface area contributed by atoms with Crippen molar-refractivity contribution >= 4 is 30.0 Å². The van der Waals surface area contributed by atoms with Gasteiger partial charge in [-0.2, -0.15) is 0 Å². The van der Waals surface area contributed by atoms with Crippen LogP contribution in [-0.2, 0) is 0 Å². The summed E-state index contributed by atoms with van der Waals surface area (Å²) >= 11 is 0. The second-order valence-electron chi connectivity index (χ2n) is 5.91. The van der Waals surface area contributed by atoms with E-state index in [9.17, 15) is 0 Å². The van der Waals surface area contributed by atoms with Crippen LogP contribution in [0.1, 0.15) is 39.2 Å². The van der Waals surface area contributed by atoms with Crippen LogP contribution < -0.4 is 16.4 Å². The minimum absolute atomic E-state index is 0.138. The van der Waals surface area contributed by atoms with Crippen LogP contribution in [0.5, 0.6) is 0 Å². The molecule has 0 aliphatic carbocycles. The molecule has 1 rings (SSSR count). The second-order valence-corrected chi connectivity index (χ2v) is 5.91. The summed E-state index contributed by atoms with van der Waals surface area (Å²) < 4.78 is 0. The Hall–Kier alpha value is -2.82. The maximum absolute atomic E-state index is 5.31. The van der Waals surface area contributed by atoms with Gasteiger partial charge in [0.2, 0.25) is 0 Å². The van der Waals surface area contributed by atoms with E-state index in [0.717, 1.165) is 35.5 Å². The highest BCUT2D eigenvalue weighted by Gasteiger charge is 2.03. The van der Waals surface area contributed by atoms with Gasteiger partial charge in [-0.15, -0.1) is 0 Å². The maximum Gasteiger partial charge on any atom is 0.0855 e. The zero-order valence-electron chi connectivity index (χ0n) is 16.1. The van der Waals surface area contributed by atoms with Crippen molar-refractivity contribution in [3.05, 3.63) is 54.4 Å². The van der Waals surface area contributed by atoms with Gasteiger partial charge in [0.1, 0.15) is 0 Å². The van der Waals surface area contributed by atoms with Crippen LogP contribution >= 0.6 is 0 Å². The van der Waals surface area contributed by atoms with E-state index in [-0.39, 0.29) is 6.04 Å². The van der Waals surface area contributed by atoms with Gasteiger partial charge in [0, 0.05) is 42.1 Å². The third-order valence-electron chi connectivity index (χ3n) is 3.56. The number of hydrogen-bond donors (Lipinski definition) is 3. The molecule has 0 saturated carbocycles. The zero-order valence-corrected chi connectivity index (χ0v) is 16.1. The van der Waals surface area contributed by atoms with E-state index in [1.807, 2.05) is 43.6 Å². The van der Waals surface area contributed by atoms with E-state index in [4.69, 9.17) is 5.73 Å². The van der Waals surface area contributed by atoms with E-state index in [1.54, 1.807) is 0 Å². The fourth-order valence-electron chi connectivity index (χ4n) is 2.36. The smallest absolute Gasteiger partial charge is 0.0855 e. The molecule has 0 radical (unpaired) electrons. The summed E-state index contributed by atoms with van der Waals surface area (Å²) in [7, 11) is 0. The predicted molar refractivity (Wildman–Crippen MR) is 117 cm³/mol. The quantitative estimate of drug-likeness (QED) is 0.394. The summed E-state index contributed by atoms with van der Waals surface area (Å²) in [6.45, 7) is 10.7. The third kappa shape index (κ3) is 8.33. The largest absolute Gasteiger partial charge is 0.390 e. The molecule has 4 N–H and O–H groups in total. The Kier molecular flexibility index (Phi) is 10.2. The van der Waals surface area contributed by atoms with Gasteiger partial charge in [-0.1, -0.05) is 26.0 Å². The van der Waals surface area contributed by atoms with Crippen LogP contribution in [0, 0.1) is 0 Å². The second kappa shape index (κ2) is 12.5. The summed E-state index contributed by atoms with van der Waals surface area (Å²) in [6, 6.07) is 6.31. The van der Waals surface area contributed by atoms with Gasteiger partial charge in [0.25, 0.3) is 0 Å². The van der Waals surface area contributed by atoms with E-state index in [2.05, 4.69) is 53.2 Å². The highest BCUT2D eigenvalue weighted by Crippen LogP contribution is 2.22. The molecule has 0 amide bonds. The van der Waals surface area contributed by atoms with Crippen LogP contribution in [0.2, 0.25) is 0 Å². The molecule has 1 unspecified atom stereocenters. The standard InChI is InChI=1S/C21H31N5/c1-5-7-11-23-12-8-13-24-21-10-9-20(15-19(21)6-2)26-18(4)14-17(3)25-16-22/h6,8-12,14-16,18,24,26H,2,5,7,13H2,1,3-4H3,(H2,22,25)/b12-8-,17-14-,23-11?. The van der Waals surface area contributed by atoms with E-state index in [0.29, 0.717) is 6.54 Å². The number of nitrogens with zero attached hydrogens (tertiary/aromatic N) is 2. The SMILES string of the molecule is C=Cc1cc(NC(C)/C=C(/C)N=CN)ccc1NC/C=C\N=CCCC. The number of nitrogens with two attached hydrogens (primary N) is 1. The Bertz CT molecular complexity index is 671. The molecule has 0 spiro atoms. The molecule has 140 valence electrons. The van der Waals surface area contributed by atoms with Crippen molar-refractivity contribution in [3.63, 3.8) is 0 Å². The summed E-state index contributed by atoms with van der Waals surface area (Å²) in [5.41, 5.74) is 9.30. The number of rotatable bonds is 11. The van der Waals surface area contributed by atoms with Gasteiger partial charge >= 0.3 is 0 Å². The van der Waals surface area contributed by atoms with Gasteiger partial charge in [-0.25, -0.2) is 4.99 Å². The monoisotopic (exact) mass is 353 g/mol. The molecule has 0 aliphatic heterocycles. The average molecular weight is 354 g/mol. The molecule has 0 saturated heterocycles. The Labute approximate surface area is 157 Å². The van der Waals surface area contributed by atoms with Gasteiger partial charge in [-0.3, -0.25) is 4.99 Å². The lowest BCUT2D eigenvalue weighted by Crippen LogP contribution is -2.13. The van der Waals surface area contributed by atoms with Crippen molar-refractivity contribution in [1.82, 2.24) is 0 Å². The molecule has 1 aromatic carbocycles. The normalized spacial score (nSPS) is 13.6. The first-order valence-corrected chi connectivity index (χ1v) is 8.97. The topological polar surface area (TPSA) is 74.8 Å². The van der Waals surface area contributed by atoms with E-state index < -0.39 is 0 Å². The summed E-state index contributed by atoms with van der Waals surface area (Å²) in [6.07, 6.45) is 13.1. The zero-order chi connectivity index (χ0) is 19.2. The lowest BCUT2D eigenvalue weighted by atomic mass is 10.1. The molecule has 0 fully saturated rings. The van der Waals surface area contributed by atoms with Crippen LogP contribution in [0.4, 0.5) is 11.4 Å². The van der Waals surface area contributed by atoms with Crippen molar-refractivity contribution in [1.29, 1.82) is 0 Å². The van der Waals surface area contributed by atoms with Crippen LogP contribution in [0.25, 0.3) is 6.08 Å². The van der Waals surface area contributed by atoms with Crippen LogP contribution in [-0.4, -0.2) is 25.1 Å². The highest BCUT2D eigenvalue weighted by atomic mass is 14.9. The average Bonchev–Trinajstić information content (AvgIpc) is 2.61. The number of allylic oxidation sites excluding steroid dienone is 1. The van der Waals surface area contributed by atoms with Gasteiger partial charge in [-0.05, 0) is 56.2 Å². The lowest BCUT2D eigenvalue weighted by molar-refractivity contribution is 0.977. The number of hydrogen-bond acceptors (Lipinski definition) is 4. The van der Waals surface area contributed by atoms with E-state index >= 15 is 0 Å². The van der Waals surface area contributed by atoms with Gasteiger partial charge < -0.3 is 16.4 Å². The molecule has 5 nitrogen and oxygen atoms in total. The molecular weight excluding hydrogens is 322 g/mol. The first-order chi connectivity index (χ1) is 12.6. The predicted octanol–water partition coefficient (Wildman–Crippen LogP) is 4.82. The Morgan fingerprint density at radius 2 is 2.19 bits per heavy atom. The summed E-state index contributed by atoms with van der Waals surface area (Å²) in [5.74, 6) is 0. The van der Waals surface area contributed by atoms with Crippen molar-refractivity contribution < 1.29 is 0 Å². The fourth-order valence-corrected chi connectivity index (χ4v) is 2.36. The maximum atomic E-state index is 5.31. The molecule has 1 atom stereocenters. The van der Waals surface area contributed by atoms with Crippen molar-refractivity contribution in [2.45, 2.75) is 39.7 Å². The summed E-state index contributed by atoms with van der Waals surface area (Å²) in [5, 5.41) is 6.81. The molecule has 0 bridgehead atoms. The first kappa shape index (κ1) is 21.2. The minimum Gasteiger partial charge on any atom is -0.390 e. The van der Waals surface area contributed by atoms with Crippen LogP contribution in [0.3, 0.4) is 0 Å². The number of nitrogens with one attached hydrogen (secondary N) is 2. The molecule has 0 aromatic heterocycles.